The molecule has 2 unspecified atom stereocenters. The molecule has 0 spiro atoms. The fourth-order valence-corrected chi connectivity index (χ4v) is 2.06. The Morgan fingerprint density at radius 1 is 1.44 bits per heavy atom. The molecule has 1 aromatic carbocycles. The van der Waals surface area contributed by atoms with Crippen LogP contribution in [0.15, 0.2) is 24.3 Å². The number of amides is 1. The molecular formula is C12H14N4O2. The van der Waals surface area contributed by atoms with Crippen LogP contribution in [0.25, 0.3) is 11.0 Å². The lowest BCUT2D eigenvalue weighted by molar-refractivity contribution is -0.120. The summed E-state index contributed by atoms with van der Waals surface area (Å²) in [6.07, 6.45) is 0. The number of ether oxygens (including phenoxy) is 1. The number of nitrogens with zero attached hydrogens (tertiary/aromatic N) is 1. The summed E-state index contributed by atoms with van der Waals surface area (Å²) in [6, 6.07) is 7.35. The summed E-state index contributed by atoms with van der Waals surface area (Å²) in [5, 5.41) is 2.74. The van der Waals surface area contributed by atoms with Crippen LogP contribution in [-0.2, 0) is 9.53 Å². The number of nitrogens with two attached hydrogens (primary N) is 1. The molecule has 2 aromatic rings. The van der Waals surface area contributed by atoms with Crippen LogP contribution < -0.4 is 11.1 Å². The lowest BCUT2D eigenvalue weighted by Gasteiger charge is -2.11. The Labute approximate surface area is 104 Å². The van der Waals surface area contributed by atoms with Gasteiger partial charge in [0.25, 0.3) is 0 Å². The Morgan fingerprint density at radius 3 is 3.00 bits per heavy atom. The third kappa shape index (κ3) is 1.96. The maximum atomic E-state index is 12.0. The zero-order valence-corrected chi connectivity index (χ0v) is 9.72. The summed E-state index contributed by atoms with van der Waals surface area (Å²) in [7, 11) is 0. The van der Waals surface area contributed by atoms with Crippen molar-refractivity contribution in [3.63, 3.8) is 0 Å². The van der Waals surface area contributed by atoms with Crippen LogP contribution in [0.1, 0.15) is 0 Å². The van der Waals surface area contributed by atoms with Gasteiger partial charge < -0.3 is 15.5 Å². The standard InChI is InChI=1S/C12H14N4O2/c13-8-6-18-5-7(8)11(17)16-12-14-9-3-1-2-4-10(9)15-12/h1-4,7-8H,5-6,13H2,(H2,14,15,16,17). The van der Waals surface area contributed by atoms with Crippen molar-refractivity contribution in [2.24, 2.45) is 11.7 Å². The van der Waals surface area contributed by atoms with Gasteiger partial charge in [0.2, 0.25) is 11.9 Å². The highest BCUT2D eigenvalue weighted by Gasteiger charge is 2.31. The zero-order valence-electron chi connectivity index (χ0n) is 9.72. The Hall–Kier alpha value is -1.92. The number of rotatable bonds is 2. The van der Waals surface area contributed by atoms with Gasteiger partial charge in [-0.2, -0.15) is 0 Å². The molecule has 2 heterocycles. The van der Waals surface area contributed by atoms with Crippen molar-refractivity contribution in [3.8, 4) is 0 Å². The van der Waals surface area contributed by atoms with Gasteiger partial charge in [-0.15, -0.1) is 0 Å². The average Bonchev–Trinajstić information content (AvgIpc) is 2.94. The maximum absolute atomic E-state index is 12.0. The fourth-order valence-electron chi connectivity index (χ4n) is 2.06. The monoisotopic (exact) mass is 246 g/mol. The van der Waals surface area contributed by atoms with E-state index >= 15 is 0 Å². The number of nitrogens with one attached hydrogen (secondary N) is 2. The highest BCUT2D eigenvalue weighted by atomic mass is 16.5. The highest BCUT2D eigenvalue weighted by Crippen LogP contribution is 2.16. The molecule has 2 atom stereocenters. The third-order valence-electron chi connectivity index (χ3n) is 3.09. The molecular weight excluding hydrogens is 232 g/mol. The van der Waals surface area contributed by atoms with Crippen LogP contribution in [0.4, 0.5) is 5.95 Å². The number of H-pyrrole nitrogens is 1. The topological polar surface area (TPSA) is 93.0 Å². The predicted molar refractivity (Wildman–Crippen MR) is 67.0 cm³/mol. The molecule has 1 fully saturated rings. The molecule has 0 saturated carbocycles. The lowest BCUT2D eigenvalue weighted by atomic mass is 10.0. The predicted octanol–water partition coefficient (Wildman–Crippen LogP) is 0.475. The second-order valence-corrected chi connectivity index (χ2v) is 4.40. The van der Waals surface area contributed by atoms with Gasteiger partial charge >= 0.3 is 0 Å². The molecule has 18 heavy (non-hydrogen) atoms. The number of carbonyl (C=O) groups is 1. The van der Waals surface area contributed by atoms with Crippen LogP contribution in [0, 0.1) is 5.92 Å². The minimum atomic E-state index is -0.307. The molecule has 0 radical (unpaired) electrons. The van der Waals surface area contributed by atoms with E-state index in [-0.39, 0.29) is 17.9 Å². The van der Waals surface area contributed by atoms with Gasteiger partial charge in [-0.25, -0.2) is 4.98 Å². The maximum Gasteiger partial charge on any atom is 0.233 e. The SMILES string of the molecule is NC1COCC1C(=O)Nc1nc2ccccc2[nH]1. The molecule has 1 aliphatic rings. The van der Waals surface area contributed by atoms with Crippen molar-refractivity contribution in [3.05, 3.63) is 24.3 Å². The Morgan fingerprint density at radius 2 is 2.28 bits per heavy atom. The number of hydrogen-bond acceptors (Lipinski definition) is 4. The Kier molecular flexibility index (Phi) is 2.73. The molecule has 94 valence electrons. The summed E-state index contributed by atoms with van der Waals surface area (Å²) in [5.41, 5.74) is 7.50. The van der Waals surface area contributed by atoms with Gasteiger partial charge in [0.15, 0.2) is 0 Å². The van der Waals surface area contributed by atoms with Crippen LogP contribution in [0.5, 0.6) is 0 Å². The minimum Gasteiger partial charge on any atom is -0.379 e. The molecule has 0 aliphatic carbocycles. The van der Waals surface area contributed by atoms with Crippen molar-refractivity contribution in [1.29, 1.82) is 0 Å². The van der Waals surface area contributed by atoms with E-state index in [1.165, 1.54) is 0 Å². The van der Waals surface area contributed by atoms with Gasteiger partial charge in [0.1, 0.15) is 0 Å². The van der Waals surface area contributed by atoms with Crippen LogP contribution >= 0.6 is 0 Å². The van der Waals surface area contributed by atoms with Crippen molar-refractivity contribution < 1.29 is 9.53 Å². The largest absolute Gasteiger partial charge is 0.379 e. The molecule has 3 rings (SSSR count). The van der Waals surface area contributed by atoms with E-state index < -0.39 is 0 Å². The van der Waals surface area contributed by atoms with E-state index in [2.05, 4.69) is 15.3 Å². The van der Waals surface area contributed by atoms with E-state index in [0.29, 0.717) is 19.2 Å². The van der Waals surface area contributed by atoms with E-state index in [0.717, 1.165) is 11.0 Å². The summed E-state index contributed by atoms with van der Waals surface area (Å²) >= 11 is 0. The first kappa shape index (κ1) is 11.2. The van der Waals surface area contributed by atoms with Gasteiger partial charge in [-0.3, -0.25) is 10.1 Å². The number of aromatic nitrogens is 2. The number of carbonyl (C=O) groups excluding carboxylic acids is 1. The summed E-state index contributed by atoms with van der Waals surface area (Å²) < 4.78 is 5.17. The average molecular weight is 246 g/mol. The highest BCUT2D eigenvalue weighted by molar-refractivity contribution is 5.93. The third-order valence-corrected chi connectivity index (χ3v) is 3.09. The first-order valence-corrected chi connectivity index (χ1v) is 5.83. The Balaban J connectivity index is 1.77. The first-order chi connectivity index (χ1) is 8.74. The number of fused-ring (bicyclic) bond motifs is 1. The van der Waals surface area contributed by atoms with Crippen molar-refractivity contribution in [1.82, 2.24) is 9.97 Å². The van der Waals surface area contributed by atoms with Crippen molar-refractivity contribution in [2.75, 3.05) is 18.5 Å². The number of aromatic amines is 1. The summed E-state index contributed by atoms with van der Waals surface area (Å²) in [4.78, 5) is 19.3. The molecule has 0 bridgehead atoms. The first-order valence-electron chi connectivity index (χ1n) is 5.83. The second kappa shape index (κ2) is 4.40. The van der Waals surface area contributed by atoms with E-state index in [1.54, 1.807) is 0 Å². The number of hydrogen-bond donors (Lipinski definition) is 3. The smallest absolute Gasteiger partial charge is 0.233 e. The fraction of sp³-hybridized carbons (Fsp3) is 0.333. The minimum absolute atomic E-state index is 0.154. The molecule has 4 N–H and O–H groups in total. The second-order valence-electron chi connectivity index (χ2n) is 4.40. The van der Waals surface area contributed by atoms with Gasteiger partial charge in [-0.1, -0.05) is 12.1 Å². The quantitative estimate of drug-likeness (QED) is 0.718. The zero-order chi connectivity index (χ0) is 12.5. The molecule has 1 amide bonds. The van der Waals surface area contributed by atoms with E-state index in [4.69, 9.17) is 10.5 Å². The van der Waals surface area contributed by atoms with Crippen molar-refractivity contribution >= 4 is 22.9 Å². The van der Waals surface area contributed by atoms with E-state index in [9.17, 15) is 4.79 Å². The number of anilines is 1. The normalized spacial score (nSPS) is 23.4. The summed E-state index contributed by atoms with van der Waals surface area (Å²) in [6.45, 7) is 0.797. The molecule has 6 nitrogen and oxygen atoms in total. The van der Waals surface area contributed by atoms with E-state index in [1.807, 2.05) is 24.3 Å². The lowest BCUT2D eigenvalue weighted by Crippen LogP contribution is -2.37. The number of benzene rings is 1. The number of para-hydroxylation sites is 2. The van der Waals surface area contributed by atoms with Crippen molar-refractivity contribution in [2.45, 2.75) is 6.04 Å². The van der Waals surface area contributed by atoms with Crippen LogP contribution in [-0.4, -0.2) is 35.1 Å². The number of imidazole rings is 1. The molecule has 1 saturated heterocycles. The Bertz CT molecular complexity index is 547. The summed E-state index contributed by atoms with van der Waals surface area (Å²) in [5.74, 6) is -0.0161. The van der Waals surface area contributed by atoms with Gasteiger partial charge in [-0.05, 0) is 12.1 Å². The molecule has 1 aromatic heterocycles. The van der Waals surface area contributed by atoms with Crippen LogP contribution in [0.3, 0.4) is 0 Å². The molecule has 6 heteroatoms. The van der Waals surface area contributed by atoms with Gasteiger partial charge in [0.05, 0.1) is 30.2 Å². The molecule has 1 aliphatic heterocycles. The van der Waals surface area contributed by atoms with Crippen LogP contribution in [0.2, 0.25) is 0 Å². The van der Waals surface area contributed by atoms with Gasteiger partial charge in [0, 0.05) is 6.04 Å².